The molecule has 1 aromatic rings. The highest BCUT2D eigenvalue weighted by molar-refractivity contribution is 7.99. The Morgan fingerprint density at radius 3 is 2.00 bits per heavy atom. The van der Waals surface area contributed by atoms with Gasteiger partial charge in [0, 0.05) is 20.9 Å². The molecule has 1 aromatic heterocycles. The maximum absolute atomic E-state index is 2.23. The summed E-state index contributed by atoms with van der Waals surface area (Å²) < 4.78 is 0. The molecule has 0 aliphatic carbocycles. The van der Waals surface area contributed by atoms with E-state index in [0.717, 1.165) is 0 Å². The van der Waals surface area contributed by atoms with Crippen LogP contribution in [0.1, 0.15) is 25.0 Å². The van der Waals surface area contributed by atoms with E-state index < -0.39 is 0 Å². The van der Waals surface area contributed by atoms with Crippen molar-refractivity contribution < 1.29 is 0 Å². The fourth-order valence-corrected chi connectivity index (χ4v) is 3.30. The summed E-state index contributed by atoms with van der Waals surface area (Å²) in [6.07, 6.45) is 0. The van der Waals surface area contributed by atoms with Gasteiger partial charge >= 0.3 is 0 Å². The van der Waals surface area contributed by atoms with E-state index >= 15 is 0 Å². The van der Waals surface area contributed by atoms with E-state index in [4.69, 9.17) is 0 Å². The lowest BCUT2D eigenvalue weighted by Crippen LogP contribution is -1.89. The molecule has 0 saturated carbocycles. The predicted octanol–water partition coefficient (Wildman–Crippen LogP) is 2.58. The van der Waals surface area contributed by atoms with Crippen LogP contribution in [0, 0.1) is 0 Å². The predicted molar refractivity (Wildman–Crippen MR) is 51.5 cm³/mol. The molecule has 0 saturated heterocycles. The molecule has 1 aliphatic rings. The van der Waals surface area contributed by atoms with Crippen LogP contribution >= 0.6 is 22.3 Å². The van der Waals surface area contributed by atoms with Crippen LogP contribution in [0.5, 0.6) is 0 Å². The van der Waals surface area contributed by atoms with Gasteiger partial charge in [-0.25, -0.2) is 0 Å². The first-order valence-electron chi connectivity index (χ1n) is 3.21. The Morgan fingerprint density at radius 1 is 1.00 bits per heavy atom. The van der Waals surface area contributed by atoms with Gasteiger partial charge in [0.1, 0.15) is 0 Å². The molecule has 0 unspecified atom stereocenters. The van der Waals surface area contributed by atoms with Gasteiger partial charge in [-0.15, -0.1) is 10.9 Å². The first-order valence-corrected chi connectivity index (χ1v) is 4.97. The number of hydrogen-bond donors (Lipinski definition) is 0. The second-order valence-corrected chi connectivity index (χ2v) is 4.59. The Morgan fingerprint density at radius 2 is 1.50 bits per heavy atom. The summed E-state index contributed by atoms with van der Waals surface area (Å²) in [4.78, 5) is 2.91. The van der Waals surface area contributed by atoms with Crippen molar-refractivity contribution in [3.63, 3.8) is 0 Å². The minimum atomic E-state index is 1.45. The van der Waals surface area contributed by atoms with Gasteiger partial charge in [0.15, 0.2) is 0 Å². The average Bonchev–Trinajstić information content (AvgIpc) is 2.39. The fraction of sp³-hybridized carbons (Fsp3) is 0.250. The lowest BCUT2D eigenvalue weighted by atomic mass is 10.1. The van der Waals surface area contributed by atoms with E-state index in [0.29, 0.717) is 0 Å². The molecule has 2 heteroatoms. The van der Waals surface area contributed by atoms with Crippen molar-refractivity contribution >= 4 is 32.0 Å². The van der Waals surface area contributed by atoms with Crippen LogP contribution in [0.3, 0.4) is 0 Å². The standard InChI is InChI=1S/C8H8S2/c1-5-7-3-9-4-8(7)6(2)10-5/h3-4H,1-2H3. The van der Waals surface area contributed by atoms with E-state index in [2.05, 4.69) is 24.6 Å². The molecule has 0 N–H and O–H groups in total. The van der Waals surface area contributed by atoms with E-state index in [-0.39, 0.29) is 0 Å². The van der Waals surface area contributed by atoms with Crippen LogP contribution in [0.15, 0.2) is 10.8 Å². The molecule has 2 rings (SSSR count). The maximum Gasteiger partial charge on any atom is 0.0104 e. The zero-order chi connectivity index (χ0) is 7.14. The van der Waals surface area contributed by atoms with Gasteiger partial charge in [-0.3, -0.25) is 0 Å². The van der Waals surface area contributed by atoms with Crippen LogP contribution in [-0.2, 0) is 0 Å². The molecule has 1 aliphatic heterocycles. The number of fused-ring (bicyclic) bond motifs is 1. The van der Waals surface area contributed by atoms with Crippen molar-refractivity contribution in [3.05, 3.63) is 21.9 Å². The first-order chi connectivity index (χ1) is 4.79. The van der Waals surface area contributed by atoms with Crippen LogP contribution in [0.2, 0.25) is 0 Å². The number of hydrogen-bond acceptors (Lipinski definition) is 1. The summed E-state index contributed by atoms with van der Waals surface area (Å²) in [5.41, 5.74) is 2.90. The van der Waals surface area contributed by atoms with Crippen LogP contribution in [-0.4, -0.2) is 9.73 Å². The quantitative estimate of drug-likeness (QED) is 0.522. The normalized spacial score (nSPS) is 15.4. The van der Waals surface area contributed by atoms with Gasteiger partial charge in [-0.05, 0) is 24.6 Å². The summed E-state index contributed by atoms with van der Waals surface area (Å²) in [6, 6.07) is 0. The van der Waals surface area contributed by atoms with Crippen LogP contribution in [0.25, 0.3) is 0 Å². The molecule has 0 fully saturated rings. The number of thiophene rings is 1. The lowest BCUT2D eigenvalue weighted by Gasteiger charge is -1.89. The van der Waals surface area contributed by atoms with Crippen molar-refractivity contribution in [2.45, 2.75) is 13.8 Å². The maximum atomic E-state index is 2.23. The molecule has 2 heterocycles. The smallest absolute Gasteiger partial charge is 0.0104 e. The van der Waals surface area contributed by atoms with E-state index in [1.165, 1.54) is 20.9 Å². The molecule has 0 aromatic carbocycles. The summed E-state index contributed by atoms with van der Waals surface area (Å²) in [7, 11) is 1.90. The largest absolute Gasteiger partial charge is 0.151 e. The highest BCUT2D eigenvalue weighted by Crippen LogP contribution is 2.23. The SMILES string of the molecule is CC1=S=C(C)c2cscc21. The van der Waals surface area contributed by atoms with Crippen molar-refractivity contribution in [3.8, 4) is 0 Å². The van der Waals surface area contributed by atoms with Gasteiger partial charge in [0.2, 0.25) is 0 Å². The van der Waals surface area contributed by atoms with E-state index in [1.54, 1.807) is 11.3 Å². The Balaban J connectivity index is 2.74. The molecule has 0 spiro atoms. The van der Waals surface area contributed by atoms with Crippen molar-refractivity contribution in [2.75, 3.05) is 0 Å². The van der Waals surface area contributed by atoms with Crippen molar-refractivity contribution in [1.82, 2.24) is 0 Å². The zero-order valence-electron chi connectivity index (χ0n) is 5.97. The van der Waals surface area contributed by atoms with Gasteiger partial charge < -0.3 is 0 Å². The van der Waals surface area contributed by atoms with Crippen molar-refractivity contribution in [1.29, 1.82) is 0 Å². The second-order valence-electron chi connectivity index (χ2n) is 2.41. The third kappa shape index (κ3) is 0.724. The van der Waals surface area contributed by atoms with E-state index in [1.807, 2.05) is 10.9 Å². The van der Waals surface area contributed by atoms with Crippen LogP contribution in [0.4, 0.5) is 0 Å². The summed E-state index contributed by atoms with van der Waals surface area (Å²) in [5, 5.41) is 4.46. The molecule has 0 bridgehead atoms. The molecule has 52 valence electrons. The summed E-state index contributed by atoms with van der Waals surface area (Å²) in [6.45, 7) is 4.37. The Bertz CT molecular complexity index is 309. The van der Waals surface area contributed by atoms with Gasteiger partial charge in [-0.1, -0.05) is 0 Å². The highest BCUT2D eigenvalue weighted by atomic mass is 32.1. The second kappa shape index (κ2) is 2.07. The summed E-state index contributed by atoms with van der Waals surface area (Å²) in [5.74, 6) is 0. The lowest BCUT2D eigenvalue weighted by molar-refractivity contribution is 1.75. The van der Waals surface area contributed by atoms with E-state index in [9.17, 15) is 0 Å². The average molecular weight is 168 g/mol. The molecular weight excluding hydrogens is 160 g/mol. The molecule has 0 atom stereocenters. The van der Waals surface area contributed by atoms with Gasteiger partial charge in [0.25, 0.3) is 0 Å². The molecule has 10 heavy (non-hydrogen) atoms. The zero-order valence-corrected chi connectivity index (χ0v) is 7.60. The fourth-order valence-electron chi connectivity index (χ4n) is 1.18. The molecule has 0 radical (unpaired) electrons. The minimum absolute atomic E-state index is 1.45. The summed E-state index contributed by atoms with van der Waals surface area (Å²) >= 11 is 1.79. The van der Waals surface area contributed by atoms with Crippen molar-refractivity contribution in [2.24, 2.45) is 0 Å². The Labute approximate surface area is 68.1 Å². The minimum Gasteiger partial charge on any atom is -0.151 e. The Hall–Kier alpha value is -0.340. The Kier molecular flexibility index (Phi) is 1.32. The highest BCUT2D eigenvalue weighted by Gasteiger charge is 2.11. The number of rotatable bonds is 0. The molecule has 0 nitrogen and oxygen atoms in total. The van der Waals surface area contributed by atoms with Crippen LogP contribution < -0.4 is 0 Å². The third-order valence-electron chi connectivity index (χ3n) is 1.73. The molecule has 0 amide bonds. The topological polar surface area (TPSA) is 0 Å². The molecular formula is C8H8S2. The van der Waals surface area contributed by atoms with Gasteiger partial charge in [-0.2, -0.15) is 11.3 Å². The first kappa shape index (κ1) is 6.38. The monoisotopic (exact) mass is 168 g/mol. The van der Waals surface area contributed by atoms with Gasteiger partial charge in [0.05, 0.1) is 0 Å². The third-order valence-corrected chi connectivity index (χ3v) is 3.52.